The SMILES string of the molecule is COC(=O)[C@@H](Cc1ccccc1)Oc1c(Br)cc(-c2c3ccccc3c(Br)c3sc4ccccc4c23)cc1Br. The first kappa shape index (κ1) is 26.5. The van der Waals surface area contributed by atoms with Crippen molar-refractivity contribution >= 4 is 96.0 Å². The Morgan fingerprint density at radius 2 is 1.44 bits per heavy atom. The van der Waals surface area contributed by atoms with E-state index in [4.69, 9.17) is 9.47 Å². The Labute approximate surface area is 255 Å². The third-order valence-corrected chi connectivity index (χ3v) is 10.2. The molecule has 0 saturated carbocycles. The van der Waals surface area contributed by atoms with Crippen LogP contribution in [0.4, 0.5) is 0 Å². The number of hydrogen-bond donors (Lipinski definition) is 0. The van der Waals surface area contributed by atoms with Gasteiger partial charge in [0, 0.05) is 26.4 Å². The highest BCUT2D eigenvalue weighted by Gasteiger charge is 2.25. The molecule has 0 N–H and O–H groups in total. The topological polar surface area (TPSA) is 35.5 Å². The second-order valence-electron chi connectivity index (χ2n) is 9.13. The van der Waals surface area contributed by atoms with Gasteiger partial charge in [0.1, 0.15) is 5.75 Å². The molecule has 1 heterocycles. The predicted molar refractivity (Wildman–Crippen MR) is 172 cm³/mol. The molecule has 0 spiro atoms. The quantitative estimate of drug-likeness (QED) is 0.161. The van der Waals surface area contributed by atoms with Crippen LogP contribution in [0.15, 0.2) is 104 Å². The second kappa shape index (κ2) is 11.0. The highest BCUT2D eigenvalue weighted by atomic mass is 79.9. The lowest BCUT2D eigenvalue weighted by atomic mass is 9.93. The zero-order valence-corrected chi connectivity index (χ0v) is 26.3. The van der Waals surface area contributed by atoms with Crippen LogP contribution in [0.2, 0.25) is 0 Å². The highest BCUT2D eigenvalue weighted by Crippen LogP contribution is 2.50. The first-order chi connectivity index (χ1) is 19.0. The first-order valence-corrected chi connectivity index (χ1v) is 15.4. The van der Waals surface area contributed by atoms with E-state index in [1.807, 2.05) is 30.3 Å². The van der Waals surface area contributed by atoms with Gasteiger partial charge < -0.3 is 9.47 Å². The summed E-state index contributed by atoms with van der Waals surface area (Å²) >= 11 is 13.2. The maximum Gasteiger partial charge on any atom is 0.347 e. The van der Waals surface area contributed by atoms with Gasteiger partial charge in [0.2, 0.25) is 0 Å². The number of thiophene rings is 1. The maximum atomic E-state index is 12.7. The molecule has 3 nitrogen and oxygen atoms in total. The van der Waals surface area contributed by atoms with Crippen LogP contribution in [0.1, 0.15) is 5.56 Å². The molecular weight excluding hydrogens is 704 g/mol. The number of carbonyl (C=O) groups excluding carboxylic acids is 1. The minimum atomic E-state index is -0.795. The van der Waals surface area contributed by atoms with E-state index in [0.29, 0.717) is 12.2 Å². The fraction of sp³-hybridized carbons (Fsp3) is 0.0938. The Hall–Kier alpha value is -2.71. The van der Waals surface area contributed by atoms with Crippen molar-refractivity contribution in [3.8, 4) is 16.9 Å². The molecule has 0 unspecified atom stereocenters. The number of ether oxygens (including phenoxy) is 2. The zero-order valence-electron chi connectivity index (χ0n) is 20.7. The molecule has 6 aromatic rings. The van der Waals surface area contributed by atoms with Crippen molar-refractivity contribution in [3.63, 3.8) is 0 Å². The fourth-order valence-corrected chi connectivity index (χ4v) is 8.31. The number of benzene rings is 5. The van der Waals surface area contributed by atoms with Crippen LogP contribution in [-0.2, 0) is 16.0 Å². The number of hydrogen-bond acceptors (Lipinski definition) is 4. The molecule has 0 aliphatic carbocycles. The molecule has 7 heteroatoms. The number of rotatable bonds is 6. The lowest BCUT2D eigenvalue weighted by Crippen LogP contribution is -2.31. The standard InChI is InChI=1S/C32H21Br3O3S/c1-37-32(36)25(15-18-9-3-2-4-10-18)38-30-23(33)16-19(17-24(30)34)27-20-11-5-6-12-21(20)29(35)31-28(27)22-13-7-8-14-26(22)39-31/h2-14,16-17,25H,15H2,1H3/t25-/m1/s1. The van der Waals surface area contributed by atoms with Gasteiger partial charge in [0.15, 0.2) is 6.10 Å². The summed E-state index contributed by atoms with van der Waals surface area (Å²) in [4.78, 5) is 12.7. The third kappa shape index (κ3) is 4.91. The predicted octanol–water partition coefficient (Wildman–Crippen LogP) is 10.3. The molecule has 0 radical (unpaired) electrons. The second-order valence-corrected chi connectivity index (χ2v) is 12.7. The summed E-state index contributed by atoms with van der Waals surface area (Å²) in [5.41, 5.74) is 3.18. The van der Waals surface area contributed by atoms with E-state index in [0.717, 1.165) is 40.9 Å². The smallest absolute Gasteiger partial charge is 0.347 e. The molecule has 0 aliphatic heterocycles. The summed E-state index contributed by atoms with van der Waals surface area (Å²) in [6.45, 7) is 0. The van der Waals surface area contributed by atoms with Crippen LogP contribution in [0.3, 0.4) is 0 Å². The van der Waals surface area contributed by atoms with E-state index in [1.54, 1.807) is 11.3 Å². The molecule has 194 valence electrons. The monoisotopic (exact) mass is 722 g/mol. The van der Waals surface area contributed by atoms with Crippen molar-refractivity contribution in [2.75, 3.05) is 7.11 Å². The molecular formula is C32H21Br3O3S. The number of carbonyl (C=O) groups is 1. The highest BCUT2D eigenvalue weighted by molar-refractivity contribution is 9.11. The molecule has 39 heavy (non-hydrogen) atoms. The van der Waals surface area contributed by atoms with Gasteiger partial charge in [0.05, 0.1) is 20.8 Å². The van der Waals surface area contributed by atoms with E-state index < -0.39 is 12.1 Å². The van der Waals surface area contributed by atoms with E-state index in [9.17, 15) is 4.79 Å². The Kier molecular flexibility index (Phi) is 7.51. The Morgan fingerprint density at radius 3 is 2.13 bits per heavy atom. The summed E-state index contributed by atoms with van der Waals surface area (Å²) in [5.74, 6) is 0.130. The van der Waals surface area contributed by atoms with Crippen molar-refractivity contribution < 1.29 is 14.3 Å². The van der Waals surface area contributed by atoms with Crippen LogP contribution >= 0.6 is 59.1 Å². The average Bonchev–Trinajstić information content (AvgIpc) is 3.34. The molecule has 1 atom stereocenters. The van der Waals surface area contributed by atoms with Crippen LogP contribution < -0.4 is 4.74 Å². The molecule has 0 amide bonds. The van der Waals surface area contributed by atoms with Gasteiger partial charge in [-0.1, -0.05) is 72.8 Å². The average molecular weight is 725 g/mol. The van der Waals surface area contributed by atoms with Gasteiger partial charge in [-0.05, 0) is 93.5 Å². The van der Waals surface area contributed by atoms with E-state index >= 15 is 0 Å². The zero-order chi connectivity index (χ0) is 27.1. The van der Waals surface area contributed by atoms with Crippen molar-refractivity contribution in [3.05, 3.63) is 110 Å². The first-order valence-electron chi connectivity index (χ1n) is 12.3. The summed E-state index contributed by atoms with van der Waals surface area (Å²) in [7, 11) is 1.38. The third-order valence-electron chi connectivity index (χ3n) is 6.75. The van der Waals surface area contributed by atoms with Crippen LogP contribution in [-0.4, -0.2) is 19.2 Å². The summed E-state index contributed by atoms with van der Waals surface area (Å²) in [5, 5.41) is 4.75. The van der Waals surface area contributed by atoms with Gasteiger partial charge in [-0.25, -0.2) is 4.79 Å². The largest absolute Gasteiger partial charge is 0.476 e. The van der Waals surface area contributed by atoms with Crippen molar-refractivity contribution in [2.24, 2.45) is 0 Å². The van der Waals surface area contributed by atoms with Crippen molar-refractivity contribution in [1.29, 1.82) is 0 Å². The molecule has 0 saturated heterocycles. The van der Waals surface area contributed by atoms with Gasteiger partial charge >= 0.3 is 5.97 Å². The van der Waals surface area contributed by atoms with Gasteiger partial charge in [-0.2, -0.15) is 0 Å². The van der Waals surface area contributed by atoms with Gasteiger partial charge in [-0.15, -0.1) is 11.3 Å². The lowest BCUT2D eigenvalue weighted by Gasteiger charge is -2.20. The van der Waals surface area contributed by atoms with Crippen LogP contribution in [0.25, 0.3) is 42.1 Å². The Bertz CT molecular complexity index is 1840. The summed E-state index contributed by atoms with van der Waals surface area (Å²) in [6, 6.07) is 30.9. The van der Waals surface area contributed by atoms with Crippen molar-refractivity contribution in [2.45, 2.75) is 12.5 Å². The number of fused-ring (bicyclic) bond motifs is 4. The fourth-order valence-electron chi connectivity index (χ4n) is 4.99. The number of halogens is 3. The molecule has 0 bridgehead atoms. The maximum absolute atomic E-state index is 12.7. The number of esters is 1. The van der Waals surface area contributed by atoms with E-state index in [2.05, 4.69) is 108 Å². The summed E-state index contributed by atoms with van der Waals surface area (Å²) in [6.07, 6.45) is -0.399. The summed E-state index contributed by atoms with van der Waals surface area (Å²) < 4.78 is 16.4. The molecule has 6 rings (SSSR count). The van der Waals surface area contributed by atoms with Gasteiger partial charge in [-0.3, -0.25) is 0 Å². The minimum absolute atomic E-state index is 0.396. The lowest BCUT2D eigenvalue weighted by molar-refractivity contribution is -0.148. The van der Waals surface area contributed by atoms with E-state index in [1.165, 1.54) is 27.3 Å². The Balaban J connectivity index is 1.51. The van der Waals surface area contributed by atoms with Crippen LogP contribution in [0, 0.1) is 0 Å². The minimum Gasteiger partial charge on any atom is -0.476 e. The molecule has 1 aromatic heterocycles. The normalized spacial score (nSPS) is 12.2. The molecule has 5 aromatic carbocycles. The number of methoxy groups -OCH3 is 1. The molecule has 0 fully saturated rings. The van der Waals surface area contributed by atoms with Crippen molar-refractivity contribution in [1.82, 2.24) is 0 Å². The molecule has 0 aliphatic rings. The Morgan fingerprint density at radius 1 is 0.821 bits per heavy atom. The van der Waals surface area contributed by atoms with Gasteiger partial charge in [0.25, 0.3) is 0 Å². The van der Waals surface area contributed by atoms with Crippen LogP contribution in [0.5, 0.6) is 5.75 Å². The van der Waals surface area contributed by atoms with E-state index in [-0.39, 0.29) is 0 Å².